The third-order valence-electron chi connectivity index (χ3n) is 6.87. The number of amides is 1. The van der Waals surface area contributed by atoms with Gasteiger partial charge in [0.15, 0.2) is 5.82 Å². The Morgan fingerprint density at radius 3 is 2.51 bits per heavy atom. The fourth-order valence-electron chi connectivity index (χ4n) is 4.74. The van der Waals surface area contributed by atoms with Crippen LogP contribution in [0.25, 0.3) is 11.3 Å². The second kappa shape index (κ2) is 10.9. The van der Waals surface area contributed by atoms with Gasteiger partial charge in [-0.05, 0) is 76.2 Å². The van der Waals surface area contributed by atoms with E-state index in [0.717, 1.165) is 58.1 Å². The van der Waals surface area contributed by atoms with Crippen LogP contribution in [-0.2, 0) is 0 Å². The molecule has 0 aliphatic carbocycles. The number of carbonyl (C=O) groups is 1. The number of hydrogen-bond acceptors (Lipinski definition) is 8. The third kappa shape index (κ3) is 5.67. The highest BCUT2D eigenvalue weighted by Crippen LogP contribution is 2.28. The van der Waals surface area contributed by atoms with Crippen molar-refractivity contribution in [2.75, 3.05) is 43.4 Å². The fourth-order valence-corrected chi connectivity index (χ4v) is 4.74. The van der Waals surface area contributed by atoms with Gasteiger partial charge >= 0.3 is 0 Å². The number of carbonyl (C=O) groups excluding carboxylic acids is 1. The number of nitrogens with zero attached hydrogens (tertiary/aromatic N) is 6. The molecule has 2 N–H and O–H groups in total. The molecule has 2 aliphatic rings. The van der Waals surface area contributed by atoms with E-state index in [2.05, 4.69) is 48.5 Å². The average Bonchev–Trinajstić information content (AvgIpc) is 3.46. The molecule has 0 radical (unpaired) electrons. The number of hydrogen-bond donors (Lipinski definition) is 2. The van der Waals surface area contributed by atoms with Gasteiger partial charge in [0.1, 0.15) is 17.6 Å². The minimum Gasteiger partial charge on any atom is -0.356 e. The van der Waals surface area contributed by atoms with Gasteiger partial charge in [-0.3, -0.25) is 4.79 Å². The highest BCUT2D eigenvalue weighted by Gasteiger charge is 2.20. The zero-order valence-electron chi connectivity index (χ0n) is 20.7. The smallest absolute Gasteiger partial charge is 0.251 e. The summed E-state index contributed by atoms with van der Waals surface area (Å²) in [5, 5.41) is 15.8. The molecule has 3 aromatic rings. The van der Waals surface area contributed by atoms with Crippen molar-refractivity contribution in [1.29, 1.82) is 5.26 Å². The van der Waals surface area contributed by atoms with Gasteiger partial charge in [0.05, 0.1) is 11.8 Å². The quantitative estimate of drug-likeness (QED) is 0.527. The third-order valence-corrected chi connectivity index (χ3v) is 6.87. The second-order valence-corrected chi connectivity index (χ2v) is 9.54. The van der Waals surface area contributed by atoms with Crippen LogP contribution in [0.1, 0.15) is 41.6 Å². The van der Waals surface area contributed by atoms with E-state index in [1.54, 1.807) is 36.5 Å². The van der Waals surface area contributed by atoms with Crippen LogP contribution in [0.2, 0.25) is 0 Å². The van der Waals surface area contributed by atoms with Crippen LogP contribution in [0.3, 0.4) is 0 Å². The highest BCUT2D eigenvalue weighted by atomic mass is 19.1. The number of nitrogens with one attached hydrogen (secondary N) is 2. The first-order valence-electron chi connectivity index (χ1n) is 12.5. The Balaban J connectivity index is 1.28. The van der Waals surface area contributed by atoms with E-state index in [9.17, 15) is 14.4 Å². The van der Waals surface area contributed by atoms with Crippen molar-refractivity contribution < 1.29 is 9.18 Å². The van der Waals surface area contributed by atoms with Gasteiger partial charge in [0.2, 0.25) is 5.95 Å². The summed E-state index contributed by atoms with van der Waals surface area (Å²) in [6.07, 6.45) is 6.65. The van der Waals surface area contributed by atoms with Crippen LogP contribution < -0.4 is 15.5 Å². The number of aromatic nitrogens is 3. The van der Waals surface area contributed by atoms with Crippen molar-refractivity contribution in [1.82, 2.24) is 25.2 Å². The van der Waals surface area contributed by atoms with E-state index in [1.165, 1.54) is 0 Å². The molecule has 9 nitrogen and oxygen atoms in total. The summed E-state index contributed by atoms with van der Waals surface area (Å²) >= 11 is 0. The largest absolute Gasteiger partial charge is 0.356 e. The molecular formula is C27H29FN8O. The van der Waals surface area contributed by atoms with E-state index >= 15 is 0 Å². The van der Waals surface area contributed by atoms with Gasteiger partial charge in [-0.25, -0.2) is 19.3 Å². The maximum absolute atomic E-state index is 14.7. The van der Waals surface area contributed by atoms with E-state index in [0.29, 0.717) is 28.2 Å². The summed E-state index contributed by atoms with van der Waals surface area (Å²) in [4.78, 5) is 29.8. The summed E-state index contributed by atoms with van der Waals surface area (Å²) in [7, 11) is 2.09. The molecule has 2 fully saturated rings. The lowest BCUT2D eigenvalue weighted by atomic mass is 10.0. The van der Waals surface area contributed by atoms with Gasteiger partial charge in [-0.15, -0.1) is 0 Å². The van der Waals surface area contributed by atoms with Crippen LogP contribution in [0, 0.1) is 17.1 Å². The number of pyridine rings is 1. The summed E-state index contributed by atoms with van der Waals surface area (Å²) in [6, 6.07) is 11.0. The Labute approximate surface area is 215 Å². The molecule has 0 atom stereocenters. The van der Waals surface area contributed by atoms with Crippen molar-refractivity contribution >= 4 is 23.4 Å². The molecule has 5 rings (SSSR count). The maximum Gasteiger partial charge on any atom is 0.251 e. The molecule has 2 aromatic heterocycles. The van der Waals surface area contributed by atoms with Gasteiger partial charge in [-0.2, -0.15) is 5.26 Å². The first-order chi connectivity index (χ1) is 18.0. The molecule has 0 unspecified atom stereocenters. The van der Waals surface area contributed by atoms with Crippen molar-refractivity contribution in [3.8, 4) is 17.3 Å². The Morgan fingerprint density at radius 2 is 1.81 bits per heavy atom. The van der Waals surface area contributed by atoms with Gasteiger partial charge in [-0.1, -0.05) is 0 Å². The molecule has 0 saturated carbocycles. The topological polar surface area (TPSA) is 110 Å². The number of anilines is 3. The van der Waals surface area contributed by atoms with Crippen LogP contribution in [0.5, 0.6) is 0 Å². The summed E-state index contributed by atoms with van der Waals surface area (Å²) in [5.74, 6) is 0.115. The summed E-state index contributed by atoms with van der Waals surface area (Å²) in [5.41, 5.74) is 2.08. The van der Waals surface area contributed by atoms with E-state index < -0.39 is 5.82 Å². The molecule has 1 aromatic carbocycles. The lowest BCUT2D eigenvalue weighted by Gasteiger charge is -2.29. The molecule has 1 amide bonds. The van der Waals surface area contributed by atoms with Crippen LogP contribution in [-0.4, -0.2) is 65.0 Å². The molecule has 0 spiro atoms. The lowest BCUT2D eigenvalue weighted by molar-refractivity contribution is 0.0917. The minimum absolute atomic E-state index is 0.0589. The number of nitriles is 1. The molecule has 2 saturated heterocycles. The number of likely N-dealkylation sites (tertiary alicyclic amines) is 1. The zero-order valence-corrected chi connectivity index (χ0v) is 20.7. The maximum atomic E-state index is 14.7. The van der Waals surface area contributed by atoms with Gasteiger partial charge in [0.25, 0.3) is 5.91 Å². The van der Waals surface area contributed by atoms with Gasteiger partial charge in [0, 0.05) is 42.1 Å². The van der Waals surface area contributed by atoms with Crippen LogP contribution in [0.15, 0.2) is 42.7 Å². The Morgan fingerprint density at radius 1 is 1.08 bits per heavy atom. The number of piperidine rings is 1. The van der Waals surface area contributed by atoms with Crippen LogP contribution >= 0.6 is 0 Å². The first kappa shape index (κ1) is 24.6. The van der Waals surface area contributed by atoms with Gasteiger partial charge < -0.3 is 20.4 Å². The molecule has 0 bridgehead atoms. The van der Waals surface area contributed by atoms with E-state index in [4.69, 9.17) is 0 Å². The number of benzene rings is 1. The normalized spacial score (nSPS) is 16.4. The second-order valence-electron chi connectivity index (χ2n) is 9.54. The number of rotatable bonds is 6. The minimum atomic E-state index is -0.605. The molecule has 190 valence electrons. The predicted molar refractivity (Wildman–Crippen MR) is 139 cm³/mol. The van der Waals surface area contributed by atoms with Crippen molar-refractivity contribution in [3.63, 3.8) is 0 Å². The predicted octanol–water partition coefficient (Wildman–Crippen LogP) is 3.72. The zero-order chi connectivity index (χ0) is 25.8. The molecule has 10 heteroatoms. The Kier molecular flexibility index (Phi) is 7.23. The monoisotopic (exact) mass is 500 g/mol. The van der Waals surface area contributed by atoms with Crippen molar-refractivity contribution in [3.05, 3.63) is 59.7 Å². The summed E-state index contributed by atoms with van der Waals surface area (Å²) < 4.78 is 14.7. The van der Waals surface area contributed by atoms with Crippen molar-refractivity contribution in [2.24, 2.45) is 0 Å². The Bertz CT molecular complexity index is 1310. The van der Waals surface area contributed by atoms with E-state index in [-0.39, 0.29) is 23.6 Å². The number of halogens is 1. The molecule has 2 aliphatic heterocycles. The Hall–Kier alpha value is -4.10. The molecule has 4 heterocycles. The summed E-state index contributed by atoms with van der Waals surface area (Å²) in [6.45, 7) is 3.67. The fraction of sp³-hybridized carbons (Fsp3) is 0.370. The van der Waals surface area contributed by atoms with Crippen LogP contribution in [0.4, 0.5) is 21.8 Å². The SMILES string of the molecule is CN1CCC(NC(=O)c2ccc(Nc3ncc(F)c(-c4cnc(N5CCCC5)c(C#N)c4)n3)cc2)CC1. The average molecular weight is 501 g/mol. The van der Waals surface area contributed by atoms with E-state index in [1.807, 2.05) is 0 Å². The standard InChI is InChI=1S/C27H29FN8O/c1-35-12-8-22(9-13-35)32-26(37)18-4-6-21(7-5-18)33-27-31-17-23(28)24(34-27)20-14-19(15-29)25(30-16-20)36-10-2-3-11-36/h4-7,14,16-17,22H,2-3,8-13H2,1H3,(H,32,37)(H,31,33,34). The lowest BCUT2D eigenvalue weighted by Crippen LogP contribution is -2.43. The molecule has 37 heavy (non-hydrogen) atoms. The first-order valence-corrected chi connectivity index (χ1v) is 12.5. The molecular weight excluding hydrogens is 471 g/mol. The van der Waals surface area contributed by atoms with Crippen molar-refractivity contribution in [2.45, 2.75) is 31.7 Å². The highest BCUT2D eigenvalue weighted by molar-refractivity contribution is 5.94.